The van der Waals surface area contributed by atoms with Gasteiger partial charge < -0.3 is 10.4 Å². The van der Waals surface area contributed by atoms with Crippen molar-refractivity contribution in [3.8, 4) is 11.8 Å². The summed E-state index contributed by atoms with van der Waals surface area (Å²) >= 11 is 0. The third-order valence-corrected chi connectivity index (χ3v) is 2.75. The average molecular weight is 265 g/mol. The predicted molar refractivity (Wildman–Crippen MR) is 78.0 cm³/mol. The number of aliphatic hydroxyl groups is 1. The zero-order valence-electron chi connectivity index (χ0n) is 11.0. The van der Waals surface area contributed by atoms with Gasteiger partial charge in [0.1, 0.15) is 6.61 Å². The molecule has 0 aliphatic heterocycles. The maximum Gasteiger partial charge on any atom is 0.251 e. The first kappa shape index (κ1) is 13.9. The van der Waals surface area contributed by atoms with Crippen LogP contribution in [0.3, 0.4) is 0 Å². The number of hydrogen-bond acceptors (Lipinski definition) is 2. The van der Waals surface area contributed by atoms with Crippen LogP contribution in [0.5, 0.6) is 0 Å². The molecule has 0 aromatic heterocycles. The third kappa shape index (κ3) is 3.98. The lowest BCUT2D eigenvalue weighted by molar-refractivity contribution is 0.0951. The van der Waals surface area contributed by atoms with E-state index in [1.807, 2.05) is 42.5 Å². The fourth-order valence-corrected chi connectivity index (χ4v) is 1.72. The van der Waals surface area contributed by atoms with Crippen LogP contribution >= 0.6 is 0 Å². The van der Waals surface area contributed by atoms with Crippen molar-refractivity contribution >= 4 is 5.91 Å². The number of carbonyl (C=O) groups excluding carboxylic acids is 1. The molecule has 0 saturated heterocycles. The lowest BCUT2D eigenvalue weighted by Gasteiger charge is -2.05. The highest BCUT2D eigenvalue weighted by Gasteiger charge is 2.03. The molecular weight excluding hydrogens is 250 g/mol. The first-order valence-electron chi connectivity index (χ1n) is 6.31. The molecule has 0 aliphatic carbocycles. The Bertz CT molecular complexity index is 622. The Morgan fingerprint density at radius 1 is 1.05 bits per heavy atom. The molecule has 3 heteroatoms. The largest absolute Gasteiger partial charge is 0.384 e. The number of carbonyl (C=O) groups is 1. The summed E-state index contributed by atoms with van der Waals surface area (Å²) in [5, 5.41) is 11.5. The quantitative estimate of drug-likeness (QED) is 0.833. The highest BCUT2D eigenvalue weighted by Crippen LogP contribution is 2.04. The molecule has 2 N–H and O–H groups in total. The first-order valence-corrected chi connectivity index (χ1v) is 6.31. The molecule has 0 radical (unpaired) electrons. The molecular formula is C17H15NO2. The average Bonchev–Trinajstić information content (AvgIpc) is 2.52. The van der Waals surface area contributed by atoms with E-state index in [2.05, 4.69) is 17.2 Å². The van der Waals surface area contributed by atoms with E-state index in [9.17, 15) is 4.79 Å². The van der Waals surface area contributed by atoms with Crippen LogP contribution < -0.4 is 5.32 Å². The van der Waals surface area contributed by atoms with Crippen molar-refractivity contribution in [2.75, 3.05) is 6.61 Å². The van der Waals surface area contributed by atoms with Gasteiger partial charge in [-0.3, -0.25) is 4.79 Å². The number of benzene rings is 2. The Balaban J connectivity index is 1.93. The second kappa shape index (κ2) is 7.13. The summed E-state index contributed by atoms with van der Waals surface area (Å²) in [4.78, 5) is 11.9. The topological polar surface area (TPSA) is 49.3 Å². The minimum absolute atomic E-state index is 0.0882. The van der Waals surface area contributed by atoms with Crippen LogP contribution in [-0.4, -0.2) is 17.6 Å². The van der Waals surface area contributed by atoms with Crippen LogP contribution in [0.1, 0.15) is 21.5 Å². The SMILES string of the molecule is O=C(NCc1ccc(C#CCO)cc1)c1ccccc1. The molecule has 2 rings (SSSR count). The van der Waals surface area contributed by atoms with Crippen LogP contribution in [0, 0.1) is 11.8 Å². The molecule has 0 fully saturated rings. The second-order valence-electron chi connectivity index (χ2n) is 4.21. The maximum atomic E-state index is 11.9. The molecule has 2 aromatic carbocycles. The Morgan fingerprint density at radius 2 is 1.75 bits per heavy atom. The summed E-state index contributed by atoms with van der Waals surface area (Å²) in [6.45, 7) is 0.330. The Morgan fingerprint density at radius 3 is 2.40 bits per heavy atom. The van der Waals surface area contributed by atoms with Crippen molar-refractivity contribution in [3.63, 3.8) is 0 Å². The normalized spacial score (nSPS) is 9.45. The van der Waals surface area contributed by atoms with Crippen LogP contribution in [0.4, 0.5) is 0 Å². The molecule has 3 nitrogen and oxygen atoms in total. The van der Waals surface area contributed by atoms with Crippen molar-refractivity contribution in [1.82, 2.24) is 5.32 Å². The third-order valence-electron chi connectivity index (χ3n) is 2.75. The number of aliphatic hydroxyl groups excluding tert-OH is 1. The first-order chi connectivity index (χ1) is 9.79. The van der Waals surface area contributed by atoms with Crippen molar-refractivity contribution in [2.24, 2.45) is 0 Å². The van der Waals surface area contributed by atoms with Crippen molar-refractivity contribution in [2.45, 2.75) is 6.54 Å². The van der Waals surface area contributed by atoms with Crippen LogP contribution in [0.2, 0.25) is 0 Å². The molecule has 0 aliphatic rings. The fraction of sp³-hybridized carbons (Fsp3) is 0.118. The maximum absolute atomic E-state index is 11.9. The van der Waals surface area contributed by atoms with Gasteiger partial charge in [-0.2, -0.15) is 0 Å². The van der Waals surface area contributed by atoms with Gasteiger partial charge in [-0.15, -0.1) is 0 Å². The number of amides is 1. The van der Waals surface area contributed by atoms with Gasteiger partial charge in [-0.25, -0.2) is 0 Å². The molecule has 0 atom stereocenters. The molecule has 0 unspecified atom stereocenters. The van der Waals surface area contributed by atoms with Crippen molar-refractivity contribution in [1.29, 1.82) is 0 Å². The molecule has 20 heavy (non-hydrogen) atoms. The van der Waals surface area contributed by atoms with E-state index in [1.54, 1.807) is 12.1 Å². The lowest BCUT2D eigenvalue weighted by Crippen LogP contribution is -2.22. The highest BCUT2D eigenvalue weighted by molar-refractivity contribution is 5.94. The smallest absolute Gasteiger partial charge is 0.251 e. The summed E-state index contributed by atoms with van der Waals surface area (Å²) < 4.78 is 0. The van der Waals surface area contributed by atoms with Crippen LogP contribution in [-0.2, 0) is 6.54 Å². The van der Waals surface area contributed by atoms with E-state index in [0.29, 0.717) is 12.1 Å². The zero-order chi connectivity index (χ0) is 14.2. The van der Waals surface area contributed by atoms with Gasteiger partial charge in [0.05, 0.1) is 0 Å². The monoisotopic (exact) mass is 265 g/mol. The summed E-state index contributed by atoms with van der Waals surface area (Å²) in [5.41, 5.74) is 2.50. The van der Waals surface area contributed by atoms with Crippen LogP contribution in [0.15, 0.2) is 54.6 Å². The van der Waals surface area contributed by atoms with Gasteiger partial charge in [0.2, 0.25) is 0 Å². The Hall–Kier alpha value is -2.57. The van der Waals surface area contributed by atoms with Gasteiger partial charge in [0.25, 0.3) is 5.91 Å². The van der Waals surface area contributed by atoms with Gasteiger partial charge in [-0.05, 0) is 29.8 Å². The van der Waals surface area contributed by atoms with Crippen molar-refractivity contribution in [3.05, 3.63) is 71.3 Å². The van der Waals surface area contributed by atoms with E-state index in [0.717, 1.165) is 11.1 Å². The van der Waals surface area contributed by atoms with Crippen molar-refractivity contribution < 1.29 is 9.90 Å². The van der Waals surface area contributed by atoms with E-state index in [-0.39, 0.29) is 12.5 Å². The molecule has 100 valence electrons. The minimum Gasteiger partial charge on any atom is -0.384 e. The number of nitrogens with one attached hydrogen (secondary N) is 1. The summed E-state index contributed by atoms with van der Waals surface area (Å²) in [6.07, 6.45) is 0. The Labute approximate surface area is 118 Å². The van der Waals surface area contributed by atoms with Gasteiger partial charge in [0, 0.05) is 17.7 Å². The molecule has 1 amide bonds. The van der Waals surface area contributed by atoms with Gasteiger partial charge in [0.15, 0.2) is 0 Å². The van der Waals surface area contributed by atoms with E-state index in [1.165, 1.54) is 0 Å². The van der Waals surface area contributed by atoms with Gasteiger partial charge in [-0.1, -0.05) is 42.2 Å². The molecule has 0 spiro atoms. The van der Waals surface area contributed by atoms with E-state index in [4.69, 9.17) is 5.11 Å². The fourth-order valence-electron chi connectivity index (χ4n) is 1.72. The summed E-state index contributed by atoms with van der Waals surface area (Å²) in [5.74, 6) is 5.33. The lowest BCUT2D eigenvalue weighted by atomic mass is 10.1. The number of rotatable bonds is 3. The molecule has 0 heterocycles. The standard InChI is InChI=1S/C17H15NO2/c19-12-4-5-14-8-10-15(11-9-14)13-18-17(20)16-6-2-1-3-7-16/h1-3,6-11,19H,12-13H2,(H,18,20). The molecule has 0 bridgehead atoms. The number of hydrogen-bond donors (Lipinski definition) is 2. The summed E-state index contributed by atoms with van der Waals surface area (Å²) in [6, 6.07) is 16.7. The van der Waals surface area contributed by atoms with Gasteiger partial charge >= 0.3 is 0 Å². The highest BCUT2D eigenvalue weighted by atomic mass is 16.2. The summed E-state index contributed by atoms with van der Waals surface area (Å²) in [7, 11) is 0. The Kier molecular flexibility index (Phi) is 4.94. The van der Waals surface area contributed by atoms with Crippen LogP contribution in [0.25, 0.3) is 0 Å². The second-order valence-corrected chi connectivity index (χ2v) is 4.21. The van der Waals surface area contributed by atoms with E-state index < -0.39 is 0 Å². The van der Waals surface area contributed by atoms with E-state index >= 15 is 0 Å². The molecule has 0 saturated carbocycles. The minimum atomic E-state index is -0.144. The molecule has 2 aromatic rings. The zero-order valence-corrected chi connectivity index (χ0v) is 11.0. The predicted octanol–water partition coefficient (Wildman–Crippen LogP) is 1.96.